The number of anilines is 1. The minimum absolute atomic E-state index is 0.0708. The monoisotopic (exact) mass is 374 g/mol. The van der Waals surface area contributed by atoms with E-state index in [2.05, 4.69) is 5.32 Å². The van der Waals surface area contributed by atoms with Gasteiger partial charge >= 0.3 is 5.97 Å². The molecule has 2 bridgehead atoms. The van der Waals surface area contributed by atoms with Gasteiger partial charge in [-0.05, 0) is 38.2 Å². The summed E-state index contributed by atoms with van der Waals surface area (Å²) in [7, 11) is 0. The minimum atomic E-state index is -0.632. The van der Waals surface area contributed by atoms with Crippen LogP contribution >= 0.6 is 0 Å². The van der Waals surface area contributed by atoms with E-state index in [0.29, 0.717) is 18.4 Å². The van der Waals surface area contributed by atoms with Gasteiger partial charge in [-0.2, -0.15) is 0 Å². The van der Waals surface area contributed by atoms with Crippen molar-refractivity contribution in [2.45, 2.75) is 39.0 Å². The second-order valence-corrected chi connectivity index (χ2v) is 7.28. The van der Waals surface area contributed by atoms with Crippen LogP contribution in [-0.2, 0) is 19.1 Å². The van der Waals surface area contributed by atoms with Crippen LogP contribution in [0.25, 0.3) is 0 Å². The van der Waals surface area contributed by atoms with Crippen molar-refractivity contribution in [3.05, 3.63) is 33.9 Å². The Labute approximate surface area is 156 Å². The average molecular weight is 374 g/mol. The Kier molecular flexibility index (Phi) is 5.53. The number of carbonyl (C=O) groups is 3. The zero-order valence-electron chi connectivity index (χ0n) is 15.1. The molecule has 2 aliphatic rings. The smallest absolute Gasteiger partial charge is 0.309 e. The number of hydrogen-bond donors (Lipinski definition) is 1. The third-order valence-corrected chi connectivity index (χ3v) is 5.44. The van der Waals surface area contributed by atoms with Gasteiger partial charge < -0.3 is 10.1 Å². The maximum Gasteiger partial charge on any atom is 0.309 e. The number of para-hydroxylation sites is 1. The Hall–Kier alpha value is -2.77. The summed E-state index contributed by atoms with van der Waals surface area (Å²) in [6, 6.07) is 4.48. The van der Waals surface area contributed by atoms with Crippen molar-refractivity contribution in [2.24, 2.45) is 17.8 Å². The lowest BCUT2D eigenvalue weighted by molar-refractivity contribution is -0.384. The van der Waals surface area contributed by atoms with Crippen LogP contribution in [0.2, 0.25) is 0 Å². The first kappa shape index (κ1) is 19.0. The molecule has 0 heterocycles. The van der Waals surface area contributed by atoms with E-state index in [1.54, 1.807) is 13.0 Å². The van der Waals surface area contributed by atoms with Crippen LogP contribution < -0.4 is 5.32 Å². The SMILES string of the molecule is Cc1cccc([N+](=O)[O-])c1NC(=O)COC(=O)C1C[C@H]2CCC[C@H](C1)C2=O. The number of nitro benzene ring substituents is 1. The molecule has 0 aliphatic heterocycles. The molecule has 1 N–H and O–H groups in total. The van der Waals surface area contributed by atoms with E-state index in [1.807, 2.05) is 0 Å². The molecule has 0 saturated heterocycles. The molecule has 0 unspecified atom stereocenters. The molecule has 3 rings (SSSR count). The Morgan fingerprint density at radius 1 is 1.26 bits per heavy atom. The molecule has 1 aromatic carbocycles. The van der Waals surface area contributed by atoms with Gasteiger partial charge in [0.15, 0.2) is 6.61 Å². The van der Waals surface area contributed by atoms with Crippen LogP contribution in [0.1, 0.15) is 37.7 Å². The number of fused-ring (bicyclic) bond motifs is 2. The number of nitro groups is 1. The summed E-state index contributed by atoms with van der Waals surface area (Å²) in [6.07, 6.45) is 3.62. The first-order valence-corrected chi connectivity index (χ1v) is 9.11. The highest BCUT2D eigenvalue weighted by molar-refractivity contribution is 5.96. The van der Waals surface area contributed by atoms with Crippen LogP contribution in [0.4, 0.5) is 11.4 Å². The second-order valence-electron chi connectivity index (χ2n) is 7.28. The number of ether oxygens (including phenoxy) is 1. The number of hydrogen-bond acceptors (Lipinski definition) is 6. The third kappa shape index (κ3) is 4.15. The number of rotatable bonds is 5. The van der Waals surface area contributed by atoms with Gasteiger partial charge in [0, 0.05) is 17.9 Å². The third-order valence-electron chi connectivity index (χ3n) is 5.44. The summed E-state index contributed by atoms with van der Waals surface area (Å²) >= 11 is 0. The predicted octanol–water partition coefficient (Wildman–Crippen LogP) is 2.78. The number of ketones is 1. The zero-order chi connectivity index (χ0) is 19.6. The van der Waals surface area contributed by atoms with Gasteiger partial charge in [0.1, 0.15) is 11.5 Å². The van der Waals surface area contributed by atoms with Crippen molar-refractivity contribution in [1.82, 2.24) is 0 Å². The van der Waals surface area contributed by atoms with Gasteiger partial charge in [-0.3, -0.25) is 24.5 Å². The molecule has 8 heteroatoms. The fourth-order valence-corrected chi connectivity index (χ4v) is 4.07. The molecule has 144 valence electrons. The Balaban J connectivity index is 1.56. The molecule has 27 heavy (non-hydrogen) atoms. The highest BCUT2D eigenvalue weighted by Gasteiger charge is 2.41. The lowest BCUT2D eigenvalue weighted by Crippen LogP contribution is -2.40. The number of carbonyl (C=O) groups excluding carboxylic acids is 3. The maximum atomic E-state index is 12.3. The molecule has 0 aromatic heterocycles. The molecule has 0 spiro atoms. The van der Waals surface area contributed by atoms with Gasteiger partial charge in [-0.15, -0.1) is 0 Å². The van der Waals surface area contributed by atoms with Crippen molar-refractivity contribution in [3.8, 4) is 0 Å². The predicted molar refractivity (Wildman–Crippen MR) is 96.0 cm³/mol. The second kappa shape index (κ2) is 7.85. The number of amides is 1. The van der Waals surface area contributed by atoms with Gasteiger partial charge in [0.25, 0.3) is 11.6 Å². The lowest BCUT2D eigenvalue weighted by Gasteiger charge is -2.36. The summed E-state index contributed by atoms with van der Waals surface area (Å²) in [6.45, 7) is 1.14. The summed E-state index contributed by atoms with van der Waals surface area (Å²) in [5, 5.41) is 13.5. The van der Waals surface area contributed by atoms with Crippen molar-refractivity contribution >= 4 is 29.0 Å². The van der Waals surface area contributed by atoms with Crippen molar-refractivity contribution in [1.29, 1.82) is 0 Å². The highest BCUT2D eigenvalue weighted by atomic mass is 16.6. The molecule has 1 amide bonds. The summed E-state index contributed by atoms with van der Waals surface area (Å²) < 4.78 is 5.12. The zero-order valence-corrected chi connectivity index (χ0v) is 15.1. The van der Waals surface area contributed by atoms with Gasteiger partial charge in [0.05, 0.1) is 10.8 Å². The van der Waals surface area contributed by atoms with Crippen LogP contribution in [0.5, 0.6) is 0 Å². The van der Waals surface area contributed by atoms with Crippen molar-refractivity contribution < 1.29 is 24.0 Å². The van der Waals surface area contributed by atoms with E-state index < -0.39 is 23.4 Å². The first-order chi connectivity index (χ1) is 12.9. The Morgan fingerprint density at radius 2 is 1.93 bits per heavy atom. The van der Waals surface area contributed by atoms with Gasteiger partial charge in [-0.25, -0.2) is 0 Å². The number of nitrogens with one attached hydrogen (secondary N) is 1. The van der Waals surface area contributed by atoms with Gasteiger partial charge in [0.2, 0.25) is 0 Å². The normalized spacial score (nSPS) is 24.2. The molecule has 0 radical (unpaired) electrons. The number of Topliss-reactive ketones (excluding diaryl/α,β-unsaturated/α-hetero) is 1. The molecule has 2 aliphatic carbocycles. The fourth-order valence-electron chi connectivity index (χ4n) is 4.07. The molecular weight excluding hydrogens is 352 g/mol. The van der Waals surface area contributed by atoms with E-state index in [-0.39, 0.29) is 34.9 Å². The van der Waals surface area contributed by atoms with E-state index in [4.69, 9.17) is 4.74 Å². The van der Waals surface area contributed by atoms with Crippen LogP contribution in [-0.4, -0.2) is 29.2 Å². The largest absolute Gasteiger partial charge is 0.455 e. The highest BCUT2D eigenvalue weighted by Crippen LogP contribution is 2.40. The van der Waals surface area contributed by atoms with Crippen LogP contribution in [0.3, 0.4) is 0 Å². The van der Waals surface area contributed by atoms with Gasteiger partial charge in [-0.1, -0.05) is 18.6 Å². The topological polar surface area (TPSA) is 116 Å². The number of esters is 1. The van der Waals surface area contributed by atoms with E-state index in [1.165, 1.54) is 12.1 Å². The molecule has 8 nitrogen and oxygen atoms in total. The van der Waals surface area contributed by atoms with E-state index >= 15 is 0 Å². The molecule has 2 saturated carbocycles. The lowest BCUT2D eigenvalue weighted by atomic mass is 9.67. The van der Waals surface area contributed by atoms with E-state index in [9.17, 15) is 24.5 Å². The first-order valence-electron chi connectivity index (χ1n) is 9.11. The molecule has 2 fully saturated rings. The summed E-state index contributed by atoms with van der Waals surface area (Å²) in [5.74, 6) is -1.35. The summed E-state index contributed by atoms with van der Waals surface area (Å²) in [4.78, 5) is 47.0. The standard InChI is InChI=1S/C19H22N2O6/c1-11-4-2-7-15(21(25)26)17(11)20-16(22)10-27-19(24)14-8-12-5-3-6-13(9-14)18(12)23/h2,4,7,12-14H,3,5-6,8-10H2,1H3,(H,20,22)/t12-,13-/m1/s1. The number of nitrogens with zero attached hydrogens (tertiary/aromatic N) is 1. The van der Waals surface area contributed by atoms with Crippen LogP contribution in [0.15, 0.2) is 18.2 Å². The average Bonchev–Trinajstić information content (AvgIpc) is 2.61. The quantitative estimate of drug-likeness (QED) is 0.481. The molecular formula is C19H22N2O6. The molecule has 1 aromatic rings. The minimum Gasteiger partial charge on any atom is -0.455 e. The maximum absolute atomic E-state index is 12.3. The number of aryl methyl sites for hydroxylation is 1. The summed E-state index contributed by atoms with van der Waals surface area (Å²) in [5.41, 5.74) is 0.428. The van der Waals surface area contributed by atoms with E-state index in [0.717, 1.165) is 19.3 Å². The Morgan fingerprint density at radius 3 is 2.56 bits per heavy atom. The Bertz CT molecular complexity index is 774. The fraction of sp³-hybridized carbons (Fsp3) is 0.526. The molecule has 2 atom stereocenters. The van der Waals surface area contributed by atoms with Crippen LogP contribution in [0, 0.1) is 34.8 Å². The van der Waals surface area contributed by atoms with Crippen molar-refractivity contribution in [2.75, 3.05) is 11.9 Å². The number of benzene rings is 1. The van der Waals surface area contributed by atoms with Crippen molar-refractivity contribution in [3.63, 3.8) is 0 Å².